The zero-order valence-corrected chi connectivity index (χ0v) is 13.9. The van der Waals surface area contributed by atoms with Crippen LogP contribution in [0.4, 0.5) is 17.5 Å². The summed E-state index contributed by atoms with van der Waals surface area (Å²) in [5.41, 5.74) is 8.18. The molecule has 0 aliphatic carbocycles. The van der Waals surface area contributed by atoms with Crippen LogP contribution in [0.15, 0.2) is 48.5 Å². The Morgan fingerprint density at radius 3 is 2.25 bits per heavy atom. The molecule has 5 nitrogen and oxygen atoms in total. The molecule has 1 aromatic heterocycles. The van der Waals surface area contributed by atoms with Crippen molar-refractivity contribution < 1.29 is 0 Å². The number of fused-ring (bicyclic) bond motifs is 1. The van der Waals surface area contributed by atoms with Gasteiger partial charge in [0.15, 0.2) is 0 Å². The predicted molar refractivity (Wildman–Crippen MR) is 99.8 cm³/mol. The van der Waals surface area contributed by atoms with Crippen LogP contribution in [0.1, 0.15) is 0 Å². The zero-order valence-electron chi connectivity index (χ0n) is 13.2. The SMILES string of the molecule is Nc1nc(N2CCN(c3ccc(Cl)cc3)CC2)nc2ccccc12. The molecule has 3 aromatic rings. The molecule has 0 spiro atoms. The van der Waals surface area contributed by atoms with E-state index in [0.29, 0.717) is 11.8 Å². The van der Waals surface area contributed by atoms with Crippen LogP contribution in [-0.2, 0) is 0 Å². The largest absolute Gasteiger partial charge is 0.383 e. The second-order valence-electron chi connectivity index (χ2n) is 5.88. The first-order valence-corrected chi connectivity index (χ1v) is 8.36. The smallest absolute Gasteiger partial charge is 0.228 e. The third kappa shape index (κ3) is 2.83. The highest BCUT2D eigenvalue weighted by atomic mass is 35.5. The lowest BCUT2D eigenvalue weighted by atomic mass is 10.2. The van der Waals surface area contributed by atoms with Gasteiger partial charge in [-0.1, -0.05) is 23.7 Å². The second kappa shape index (κ2) is 6.17. The molecule has 0 bridgehead atoms. The Kier molecular flexibility index (Phi) is 3.86. The summed E-state index contributed by atoms with van der Waals surface area (Å²) in [4.78, 5) is 13.7. The third-order valence-corrected chi connectivity index (χ3v) is 4.63. The topological polar surface area (TPSA) is 58.3 Å². The van der Waals surface area contributed by atoms with Gasteiger partial charge < -0.3 is 15.5 Å². The molecule has 2 heterocycles. The summed E-state index contributed by atoms with van der Waals surface area (Å²) >= 11 is 5.96. The van der Waals surface area contributed by atoms with Gasteiger partial charge in [-0.05, 0) is 36.4 Å². The monoisotopic (exact) mass is 339 g/mol. The zero-order chi connectivity index (χ0) is 16.5. The van der Waals surface area contributed by atoms with Gasteiger partial charge in [0, 0.05) is 42.3 Å². The molecule has 0 radical (unpaired) electrons. The first-order chi connectivity index (χ1) is 11.7. The average Bonchev–Trinajstić information content (AvgIpc) is 2.62. The number of anilines is 3. The number of hydrogen-bond acceptors (Lipinski definition) is 5. The third-order valence-electron chi connectivity index (χ3n) is 4.38. The van der Waals surface area contributed by atoms with Crippen molar-refractivity contribution in [1.29, 1.82) is 0 Å². The molecule has 0 saturated carbocycles. The van der Waals surface area contributed by atoms with Gasteiger partial charge in [-0.15, -0.1) is 0 Å². The lowest BCUT2D eigenvalue weighted by molar-refractivity contribution is 0.641. The number of nitrogen functional groups attached to an aromatic ring is 1. The van der Waals surface area contributed by atoms with Crippen molar-refractivity contribution >= 4 is 40.0 Å². The van der Waals surface area contributed by atoms with Gasteiger partial charge in [0.05, 0.1) is 5.52 Å². The summed E-state index contributed by atoms with van der Waals surface area (Å²) in [5.74, 6) is 1.25. The van der Waals surface area contributed by atoms with Crippen molar-refractivity contribution in [3.05, 3.63) is 53.6 Å². The van der Waals surface area contributed by atoms with Gasteiger partial charge in [-0.25, -0.2) is 4.98 Å². The first kappa shape index (κ1) is 15.0. The fourth-order valence-electron chi connectivity index (χ4n) is 3.05. The number of rotatable bonds is 2. The molecular weight excluding hydrogens is 322 g/mol. The molecule has 2 aromatic carbocycles. The number of hydrogen-bond donors (Lipinski definition) is 1. The maximum atomic E-state index is 6.10. The van der Waals surface area contributed by atoms with E-state index in [0.717, 1.165) is 42.1 Å². The summed E-state index contributed by atoms with van der Waals surface area (Å²) in [7, 11) is 0. The number of piperazine rings is 1. The molecule has 1 saturated heterocycles. The highest BCUT2D eigenvalue weighted by Gasteiger charge is 2.20. The van der Waals surface area contributed by atoms with E-state index >= 15 is 0 Å². The molecule has 1 aliphatic heterocycles. The number of benzene rings is 2. The van der Waals surface area contributed by atoms with E-state index in [1.54, 1.807) is 0 Å². The lowest BCUT2D eigenvalue weighted by Crippen LogP contribution is -2.47. The van der Waals surface area contributed by atoms with Crippen LogP contribution in [0.3, 0.4) is 0 Å². The molecule has 0 unspecified atom stereocenters. The van der Waals surface area contributed by atoms with E-state index in [2.05, 4.69) is 31.9 Å². The van der Waals surface area contributed by atoms with Gasteiger partial charge in [0.25, 0.3) is 0 Å². The van der Waals surface area contributed by atoms with Crippen LogP contribution in [0, 0.1) is 0 Å². The van der Waals surface area contributed by atoms with Gasteiger partial charge in [0.1, 0.15) is 5.82 Å². The summed E-state index contributed by atoms with van der Waals surface area (Å²) in [6.45, 7) is 3.55. The summed E-state index contributed by atoms with van der Waals surface area (Å²) < 4.78 is 0. The highest BCUT2D eigenvalue weighted by molar-refractivity contribution is 6.30. The van der Waals surface area contributed by atoms with Crippen molar-refractivity contribution in [3.8, 4) is 0 Å². The van der Waals surface area contributed by atoms with Gasteiger partial charge in [-0.2, -0.15) is 4.98 Å². The van der Waals surface area contributed by atoms with Crippen molar-refractivity contribution in [1.82, 2.24) is 9.97 Å². The minimum atomic E-state index is 0.538. The standard InChI is InChI=1S/C18H18ClN5/c19-13-5-7-14(8-6-13)23-9-11-24(12-10-23)18-21-16-4-2-1-3-15(16)17(20)22-18/h1-8H,9-12H2,(H2,20,21,22). The molecule has 6 heteroatoms. The van der Waals surface area contributed by atoms with Crippen LogP contribution in [-0.4, -0.2) is 36.1 Å². The normalized spacial score (nSPS) is 15.0. The van der Waals surface area contributed by atoms with E-state index < -0.39 is 0 Å². The number of halogens is 1. The van der Waals surface area contributed by atoms with E-state index in [4.69, 9.17) is 17.3 Å². The van der Waals surface area contributed by atoms with Gasteiger partial charge in [-0.3, -0.25) is 0 Å². The fourth-order valence-corrected chi connectivity index (χ4v) is 3.17. The number of aromatic nitrogens is 2. The number of nitrogens with two attached hydrogens (primary N) is 1. The summed E-state index contributed by atoms with van der Waals surface area (Å²) in [6.07, 6.45) is 0. The highest BCUT2D eigenvalue weighted by Crippen LogP contribution is 2.24. The molecular formula is C18H18ClN5. The molecule has 1 aliphatic rings. The van der Waals surface area contributed by atoms with Crippen LogP contribution in [0.2, 0.25) is 5.02 Å². The molecule has 2 N–H and O–H groups in total. The Balaban J connectivity index is 1.52. The Morgan fingerprint density at radius 1 is 0.833 bits per heavy atom. The fraction of sp³-hybridized carbons (Fsp3) is 0.222. The second-order valence-corrected chi connectivity index (χ2v) is 6.31. The van der Waals surface area contributed by atoms with Gasteiger partial charge in [0.2, 0.25) is 5.95 Å². The van der Waals surface area contributed by atoms with Crippen molar-refractivity contribution in [3.63, 3.8) is 0 Å². The number of para-hydroxylation sites is 1. The molecule has 24 heavy (non-hydrogen) atoms. The van der Waals surface area contributed by atoms with E-state index in [-0.39, 0.29) is 0 Å². The minimum Gasteiger partial charge on any atom is -0.383 e. The first-order valence-electron chi connectivity index (χ1n) is 7.98. The Bertz CT molecular complexity index is 857. The van der Waals surface area contributed by atoms with E-state index in [1.165, 1.54) is 5.69 Å². The summed E-state index contributed by atoms with van der Waals surface area (Å²) in [5, 5.41) is 1.67. The molecule has 4 rings (SSSR count). The Labute approximate surface area is 145 Å². The summed E-state index contributed by atoms with van der Waals surface area (Å²) in [6, 6.07) is 15.8. The van der Waals surface area contributed by atoms with Crippen LogP contribution in [0.25, 0.3) is 10.9 Å². The van der Waals surface area contributed by atoms with Crippen LogP contribution in [0.5, 0.6) is 0 Å². The van der Waals surface area contributed by atoms with Crippen molar-refractivity contribution in [2.75, 3.05) is 41.7 Å². The van der Waals surface area contributed by atoms with Crippen LogP contribution < -0.4 is 15.5 Å². The maximum Gasteiger partial charge on any atom is 0.228 e. The number of nitrogens with zero attached hydrogens (tertiary/aromatic N) is 4. The van der Waals surface area contributed by atoms with Crippen molar-refractivity contribution in [2.45, 2.75) is 0 Å². The molecule has 0 atom stereocenters. The molecule has 1 fully saturated rings. The molecule has 122 valence electrons. The lowest BCUT2D eigenvalue weighted by Gasteiger charge is -2.36. The molecule has 0 amide bonds. The quantitative estimate of drug-likeness (QED) is 0.777. The minimum absolute atomic E-state index is 0.538. The van der Waals surface area contributed by atoms with E-state index in [9.17, 15) is 0 Å². The van der Waals surface area contributed by atoms with Crippen molar-refractivity contribution in [2.24, 2.45) is 0 Å². The Morgan fingerprint density at radius 2 is 1.50 bits per heavy atom. The van der Waals surface area contributed by atoms with Gasteiger partial charge >= 0.3 is 0 Å². The maximum absolute atomic E-state index is 6.10. The van der Waals surface area contributed by atoms with E-state index in [1.807, 2.05) is 36.4 Å². The average molecular weight is 340 g/mol. The van der Waals surface area contributed by atoms with Crippen LogP contribution >= 0.6 is 11.6 Å². The Hall–Kier alpha value is -2.53. The predicted octanol–water partition coefficient (Wildman–Crippen LogP) is 3.19.